The first-order chi connectivity index (χ1) is 7.95. The summed E-state index contributed by atoms with van der Waals surface area (Å²) in [4.78, 5) is 21.0. The molecule has 0 bridgehead atoms. The molecule has 0 aromatic heterocycles. The number of carboxylic acid groups (broad SMARTS) is 1. The molecule has 2 N–H and O–H groups in total. The number of benzene rings is 1. The van der Waals surface area contributed by atoms with Crippen LogP contribution < -0.4 is 5.32 Å². The average Bonchev–Trinajstić information content (AvgIpc) is 2.27. The molecule has 0 saturated carbocycles. The van der Waals surface area contributed by atoms with Crippen LogP contribution in [-0.4, -0.2) is 22.0 Å². The van der Waals surface area contributed by atoms with Gasteiger partial charge in [-0.1, -0.05) is 6.92 Å². The standard InChI is InChI=1S/C10H11BrN2O4/c1-2-8(10(14)15)12-6-3-4-7(11)9(5-6)13(16)17/h3-5,8,12H,2H2,1H3,(H,14,15). The first-order valence-electron chi connectivity index (χ1n) is 4.89. The molecule has 0 fully saturated rings. The fourth-order valence-corrected chi connectivity index (χ4v) is 1.67. The van der Waals surface area contributed by atoms with Gasteiger partial charge < -0.3 is 10.4 Å². The largest absolute Gasteiger partial charge is 0.480 e. The van der Waals surface area contributed by atoms with Gasteiger partial charge in [0, 0.05) is 11.8 Å². The van der Waals surface area contributed by atoms with Crippen molar-refractivity contribution in [2.45, 2.75) is 19.4 Å². The highest BCUT2D eigenvalue weighted by molar-refractivity contribution is 9.10. The van der Waals surface area contributed by atoms with E-state index in [0.717, 1.165) is 0 Å². The van der Waals surface area contributed by atoms with Crippen LogP contribution in [0.3, 0.4) is 0 Å². The lowest BCUT2D eigenvalue weighted by molar-refractivity contribution is -0.385. The van der Waals surface area contributed by atoms with Crippen molar-refractivity contribution in [3.8, 4) is 0 Å². The third kappa shape index (κ3) is 3.42. The molecular formula is C10H11BrN2O4. The summed E-state index contributed by atoms with van der Waals surface area (Å²) in [5.74, 6) is -0.988. The number of carbonyl (C=O) groups is 1. The van der Waals surface area contributed by atoms with Crippen molar-refractivity contribution in [2.24, 2.45) is 0 Å². The molecule has 0 amide bonds. The minimum absolute atomic E-state index is 0.102. The number of nitrogens with one attached hydrogen (secondary N) is 1. The summed E-state index contributed by atoms with van der Waals surface area (Å²) in [5, 5.41) is 22.3. The molecule has 0 aliphatic carbocycles. The molecule has 1 aromatic rings. The first kappa shape index (κ1) is 13.4. The van der Waals surface area contributed by atoms with Crippen LogP contribution in [0.15, 0.2) is 22.7 Å². The quantitative estimate of drug-likeness (QED) is 0.644. The van der Waals surface area contributed by atoms with Gasteiger partial charge in [-0.05, 0) is 34.5 Å². The van der Waals surface area contributed by atoms with Gasteiger partial charge in [-0.15, -0.1) is 0 Å². The second kappa shape index (κ2) is 5.62. The lowest BCUT2D eigenvalue weighted by Gasteiger charge is -2.13. The number of carboxylic acids is 1. The molecule has 0 spiro atoms. The summed E-state index contributed by atoms with van der Waals surface area (Å²) in [6.07, 6.45) is 0.388. The van der Waals surface area contributed by atoms with Gasteiger partial charge in [0.15, 0.2) is 0 Å². The molecule has 17 heavy (non-hydrogen) atoms. The van der Waals surface area contributed by atoms with Gasteiger partial charge in [0.2, 0.25) is 0 Å². The predicted octanol–water partition coefficient (Wildman–Crippen LogP) is 2.63. The third-order valence-corrected chi connectivity index (χ3v) is 2.86. The van der Waals surface area contributed by atoms with E-state index in [1.807, 2.05) is 0 Å². The molecule has 0 aliphatic heterocycles. The fraction of sp³-hybridized carbons (Fsp3) is 0.300. The molecule has 0 aliphatic rings. The molecule has 1 unspecified atom stereocenters. The maximum Gasteiger partial charge on any atom is 0.326 e. The van der Waals surface area contributed by atoms with Crippen molar-refractivity contribution in [1.29, 1.82) is 0 Å². The van der Waals surface area contributed by atoms with Crippen LogP contribution >= 0.6 is 15.9 Å². The second-order valence-electron chi connectivity index (χ2n) is 3.37. The predicted molar refractivity (Wildman–Crippen MR) is 66.1 cm³/mol. The summed E-state index contributed by atoms with van der Waals surface area (Å²) in [6.45, 7) is 1.72. The fourth-order valence-electron chi connectivity index (χ4n) is 1.28. The molecule has 1 atom stereocenters. The Hall–Kier alpha value is -1.63. The van der Waals surface area contributed by atoms with Gasteiger partial charge in [0.25, 0.3) is 5.69 Å². The second-order valence-corrected chi connectivity index (χ2v) is 4.22. The third-order valence-electron chi connectivity index (χ3n) is 2.19. The van der Waals surface area contributed by atoms with Gasteiger partial charge in [0.05, 0.1) is 9.40 Å². The highest BCUT2D eigenvalue weighted by Crippen LogP contribution is 2.28. The van der Waals surface area contributed by atoms with Crippen molar-refractivity contribution in [2.75, 3.05) is 5.32 Å². The minimum atomic E-state index is -0.988. The van der Waals surface area contributed by atoms with E-state index in [1.54, 1.807) is 13.0 Å². The topological polar surface area (TPSA) is 92.5 Å². The molecule has 0 heterocycles. The summed E-state index contributed by atoms with van der Waals surface area (Å²) in [6, 6.07) is 3.64. The molecule has 7 heteroatoms. The van der Waals surface area contributed by atoms with Crippen molar-refractivity contribution in [3.63, 3.8) is 0 Å². The average molecular weight is 303 g/mol. The maximum absolute atomic E-state index is 10.8. The Morgan fingerprint density at radius 1 is 1.65 bits per heavy atom. The van der Waals surface area contributed by atoms with Crippen LogP contribution in [0.5, 0.6) is 0 Å². The number of nitro benzene ring substituents is 1. The Balaban J connectivity index is 2.96. The van der Waals surface area contributed by atoms with Crippen LogP contribution in [0.1, 0.15) is 13.3 Å². The number of anilines is 1. The molecular weight excluding hydrogens is 292 g/mol. The van der Waals surface area contributed by atoms with E-state index >= 15 is 0 Å². The molecule has 1 rings (SSSR count). The van der Waals surface area contributed by atoms with Crippen molar-refractivity contribution in [3.05, 3.63) is 32.8 Å². The summed E-state index contributed by atoms with van der Waals surface area (Å²) in [5.41, 5.74) is 0.310. The first-order valence-corrected chi connectivity index (χ1v) is 5.68. The Bertz CT molecular complexity index is 450. The summed E-state index contributed by atoms with van der Waals surface area (Å²) >= 11 is 3.06. The number of halogens is 1. The number of nitrogens with zero attached hydrogens (tertiary/aromatic N) is 1. The van der Waals surface area contributed by atoms with Crippen molar-refractivity contribution >= 4 is 33.3 Å². The van der Waals surface area contributed by atoms with E-state index in [1.165, 1.54) is 12.1 Å². The Morgan fingerprint density at radius 2 is 2.29 bits per heavy atom. The zero-order chi connectivity index (χ0) is 13.0. The summed E-state index contributed by atoms with van der Waals surface area (Å²) < 4.78 is 0.358. The Kier molecular flexibility index (Phi) is 4.45. The number of nitro groups is 1. The van der Waals surface area contributed by atoms with Gasteiger partial charge in [0.1, 0.15) is 6.04 Å². The van der Waals surface area contributed by atoms with E-state index in [4.69, 9.17) is 5.11 Å². The number of rotatable bonds is 5. The lowest BCUT2D eigenvalue weighted by Crippen LogP contribution is -2.28. The lowest BCUT2D eigenvalue weighted by atomic mass is 10.2. The van der Waals surface area contributed by atoms with Crippen LogP contribution in [0, 0.1) is 10.1 Å². The van der Waals surface area contributed by atoms with Gasteiger partial charge >= 0.3 is 5.97 Å². The number of hydrogen-bond donors (Lipinski definition) is 2. The maximum atomic E-state index is 10.8. The number of hydrogen-bond acceptors (Lipinski definition) is 4. The molecule has 0 saturated heterocycles. The molecule has 0 radical (unpaired) electrons. The van der Waals surface area contributed by atoms with Gasteiger partial charge in [-0.2, -0.15) is 0 Å². The molecule has 92 valence electrons. The van der Waals surface area contributed by atoms with Crippen LogP contribution in [0.25, 0.3) is 0 Å². The van der Waals surface area contributed by atoms with Crippen LogP contribution in [0.4, 0.5) is 11.4 Å². The molecule has 6 nitrogen and oxygen atoms in total. The van der Waals surface area contributed by atoms with E-state index in [0.29, 0.717) is 16.6 Å². The van der Waals surface area contributed by atoms with Gasteiger partial charge in [-0.3, -0.25) is 10.1 Å². The number of aliphatic carboxylic acids is 1. The highest BCUT2D eigenvalue weighted by Gasteiger charge is 2.17. The highest BCUT2D eigenvalue weighted by atomic mass is 79.9. The van der Waals surface area contributed by atoms with E-state index in [9.17, 15) is 14.9 Å². The smallest absolute Gasteiger partial charge is 0.326 e. The SMILES string of the molecule is CCC(Nc1ccc(Br)c([N+](=O)[O-])c1)C(=O)O. The Morgan fingerprint density at radius 3 is 2.76 bits per heavy atom. The summed E-state index contributed by atoms with van der Waals surface area (Å²) in [7, 11) is 0. The van der Waals surface area contributed by atoms with E-state index in [-0.39, 0.29) is 5.69 Å². The van der Waals surface area contributed by atoms with Crippen molar-refractivity contribution in [1.82, 2.24) is 0 Å². The normalized spacial score (nSPS) is 11.9. The zero-order valence-electron chi connectivity index (χ0n) is 9.01. The van der Waals surface area contributed by atoms with Gasteiger partial charge in [-0.25, -0.2) is 4.79 Å². The zero-order valence-corrected chi connectivity index (χ0v) is 10.6. The minimum Gasteiger partial charge on any atom is -0.480 e. The van der Waals surface area contributed by atoms with Crippen molar-refractivity contribution < 1.29 is 14.8 Å². The monoisotopic (exact) mass is 302 g/mol. The van der Waals surface area contributed by atoms with E-state index in [2.05, 4.69) is 21.2 Å². The van der Waals surface area contributed by atoms with Crippen LogP contribution in [-0.2, 0) is 4.79 Å². The van der Waals surface area contributed by atoms with E-state index < -0.39 is 16.9 Å². The molecule has 1 aromatic carbocycles. The van der Waals surface area contributed by atoms with Crippen LogP contribution in [0.2, 0.25) is 0 Å². The Labute approximate surface area is 106 Å².